The number of nitro groups is 2. The van der Waals surface area contributed by atoms with Crippen LogP contribution in [0.2, 0.25) is 0 Å². The SMILES string of the molecule is C=CCOC12Oc3ccc(Oc4cccc([N+](=O)[O-])c4)cc3C3C(CCCCO)C(CCCCO)C=C(C(=NOCc4ccc([N+](=O)[O-])cc4)CC1N(Cc1ccc(F)cc1)C(=O)OCCCCCCCCCCCC)C32. The maximum atomic E-state index is 15.1. The van der Waals surface area contributed by atoms with Crippen LogP contribution in [-0.4, -0.2) is 75.0 Å². The number of nitrogens with zero attached hydrogens (tertiary/aromatic N) is 4. The molecule has 4 aromatic carbocycles. The number of aliphatic hydroxyl groups is 2. The third kappa shape index (κ3) is 15.3. The van der Waals surface area contributed by atoms with E-state index in [9.17, 15) is 34.8 Å². The number of carbonyl (C=O) groups is 1. The molecule has 1 aliphatic heterocycles. The molecule has 0 bridgehead atoms. The second-order valence-corrected chi connectivity index (χ2v) is 20.4. The van der Waals surface area contributed by atoms with E-state index >= 15 is 4.79 Å². The van der Waals surface area contributed by atoms with Crippen molar-refractivity contribution in [1.82, 2.24) is 4.90 Å². The van der Waals surface area contributed by atoms with Crippen LogP contribution in [0.1, 0.15) is 139 Å². The molecule has 0 saturated heterocycles. The molecular weight excluding hydrogens is 988 g/mol. The van der Waals surface area contributed by atoms with Crippen LogP contribution in [0.5, 0.6) is 17.2 Å². The Hall–Kier alpha value is -6.69. The number of allylic oxidation sites excluding steroid dienone is 1. The summed E-state index contributed by atoms with van der Waals surface area (Å²) in [5, 5.41) is 48.3. The number of benzene rings is 4. The van der Waals surface area contributed by atoms with E-state index in [4.69, 9.17) is 28.9 Å². The Morgan fingerprint density at radius 3 is 2.16 bits per heavy atom. The second kappa shape index (κ2) is 29.2. The number of nitro benzene ring substituents is 2. The van der Waals surface area contributed by atoms with E-state index in [0.717, 1.165) is 30.4 Å². The molecule has 1 amide bonds. The minimum Gasteiger partial charge on any atom is -0.459 e. The van der Waals surface area contributed by atoms with Crippen LogP contribution in [0.15, 0.2) is 120 Å². The fraction of sp³-hybridized carbons (Fsp3) is 0.500. The van der Waals surface area contributed by atoms with Crippen molar-refractivity contribution >= 4 is 23.2 Å². The van der Waals surface area contributed by atoms with Gasteiger partial charge in [0.15, 0.2) is 0 Å². The first-order chi connectivity index (χ1) is 37.5. The summed E-state index contributed by atoms with van der Waals surface area (Å²) >= 11 is 0. The van der Waals surface area contributed by atoms with E-state index in [-0.39, 0.29) is 75.0 Å². The number of oxime groups is 1. The highest BCUT2D eigenvalue weighted by molar-refractivity contribution is 6.03. The molecule has 1 heterocycles. The Bertz CT molecular complexity index is 2630. The topological polar surface area (TPSA) is 206 Å². The molecule has 0 radical (unpaired) electrons. The first kappa shape index (κ1) is 58.0. The number of halogens is 1. The van der Waals surface area contributed by atoms with Crippen molar-refractivity contribution in [3.63, 3.8) is 0 Å². The van der Waals surface area contributed by atoms with Crippen LogP contribution in [0, 0.1) is 43.8 Å². The summed E-state index contributed by atoms with van der Waals surface area (Å²) in [6.45, 7) is 6.38. The molecule has 4 aromatic rings. The molecule has 414 valence electrons. The average Bonchev–Trinajstić information content (AvgIpc) is 3.53. The molecule has 3 aliphatic rings. The second-order valence-electron chi connectivity index (χ2n) is 20.4. The van der Waals surface area contributed by atoms with E-state index in [2.05, 4.69) is 19.6 Å². The van der Waals surface area contributed by atoms with E-state index in [0.29, 0.717) is 73.3 Å². The van der Waals surface area contributed by atoms with Gasteiger partial charge in [-0.15, -0.1) is 6.58 Å². The Kier molecular flexibility index (Phi) is 22.0. The van der Waals surface area contributed by atoms with Crippen molar-refractivity contribution in [3.8, 4) is 17.2 Å². The van der Waals surface area contributed by atoms with Gasteiger partial charge in [0.25, 0.3) is 11.4 Å². The van der Waals surface area contributed by atoms with Crippen LogP contribution < -0.4 is 9.47 Å². The summed E-state index contributed by atoms with van der Waals surface area (Å²) in [4.78, 5) is 45.3. The number of hydrogen-bond donors (Lipinski definition) is 2. The molecule has 6 atom stereocenters. The van der Waals surface area contributed by atoms with Crippen LogP contribution in [-0.2, 0) is 27.5 Å². The Balaban J connectivity index is 1.36. The third-order valence-corrected chi connectivity index (χ3v) is 15.1. The standard InChI is InChI=1S/C60H75FN4O12/c1-3-5-6-7-8-9-10-11-12-17-36-73-59(68)63(41-43-23-27-46(61)28-24-43)56-40-54(62-75-42-44-25-29-47(30-26-44)64(69)70)52-37-45(19-13-15-33-66)51(22-14-16-34-67)57-53-39-50(76-49-21-18-20-48(38-49)65(71)72)31-32-55(53)77-60(56,58(52)57)74-35-4-2/h4,18,20-21,23-32,37-39,45,51,56-58,66-67H,2-3,5-17,19,22,33-36,40-42H2,1H3. The monoisotopic (exact) mass is 1060 g/mol. The van der Waals surface area contributed by atoms with Gasteiger partial charge in [0.2, 0.25) is 5.79 Å². The van der Waals surface area contributed by atoms with E-state index in [1.807, 2.05) is 6.07 Å². The summed E-state index contributed by atoms with van der Waals surface area (Å²) in [5.41, 5.74) is 3.10. The number of unbranched alkanes of at least 4 members (excludes halogenated alkanes) is 11. The minimum atomic E-state index is -1.65. The van der Waals surface area contributed by atoms with Gasteiger partial charge >= 0.3 is 6.09 Å². The maximum Gasteiger partial charge on any atom is 0.410 e. The lowest BCUT2D eigenvalue weighted by atomic mass is 9.55. The van der Waals surface area contributed by atoms with Gasteiger partial charge < -0.3 is 34.0 Å². The zero-order chi connectivity index (χ0) is 54.6. The first-order valence-corrected chi connectivity index (χ1v) is 27.5. The quantitative estimate of drug-likeness (QED) is 0.0203. The predicted octanol–water partition coefficient (Wildman–Crippen LogP) is 13.8. The lowest BCUT2D eigenvalue weighted by Crippen LogP contribution is -2.70. The number of aliphatic hydroxyl groups excluding tert-OH is 2. The maximum absolute atomic E-state index is 15.1. The number of non-ortho nitro benzene ring substituents is 2. The third-order valence-electron chi connectivity index (χ3n) is 15.1. The van der Waals surface area contributed by atoms with Gasteiger partial charge in [-0.05, 0) is 109 Å². The van der Waals surface area contributed by atoms with Crippen LogP contribution in [0.4, 0.5) is 20.6 Å². The van der Waals surface area contributed by atoms with Crippen molar-refractivity contribution < 1.29 is 53.0 Å². The van der Waals surface area contributed by atoms with Crippen LogP contribution in [0.3, 0.4) is 0 Å². The molecule has 6 unspecified atom stereocenters. The summed E-state index contributed by atoms with van der Waals surface area (Å²) in [5.74, 6) is -2.34. The fourth-order valence-electron chi connectivity index (χ4n) is 11.3. The Morgan fingerprint density at radius 1 is 0.818 bits per heavy atom. The fourth-order valence-corrected chi connectivity index (χ4v) is 11.3. The van der Waals surface area contributed by atoms with Crippen LogP contribution in [0.25, 0.3) is 0 Å². The number of rotatable bonds is 32. The summed E-state index contributed by atoms with van der Waals surface area (Å²) in [7, 11) is 0. The molecular formula is C60H75FN4O12. The van der Waals surface area contributed by atoms with Crippen molar-refractivity contribution in [3.05, 3.63) is 158 Å². The minimum absolute atomic E-state index is 0.00503. The van der Waals surface area contributed by atoms with Crippen molar-refractivity contribution in [2.24, 2.45) is 22.9 Å². The molecule has 7 rings (SSSR count). The summed E-state index contributed by atoms with van der Waals surface area (Å²) < 4.78 is 41.7. The van der Waals surface area contributed by atoms with Gasteiger partial charge in [-0.25, -0.2) is 9.18 Å². The number of fused-ring (bicyclic) bond motifs is 2. The summed E-state index contributed by atoms with van der Waals surface area (Å²) in [6.07, 6.45) is 18.2. The highest BCUT2D eigenvalue weighted by Crippen LogP contribution is 2.62. The number of hydrogen-bond acceptors (Lipinski definition) is 13. The van der Waals surface area contributed by atoms with Gasteiger partial charge in [-0.2, -0.15) is 0 Å². The highest BCUT2D eigenvalue weighted by Gasteiger charge is 2.65. The number of amides is 1. The summed E-state index contributed by atoms with van der Waals surface area (Å²) in [6, 6.07) is 22.4. The zero-order valence-corrected chi connectivity index (χ0v) is 44.3. The first-order valence-electron chi connectivity index (χ1n) is 27.5. The average molecular weight is 1060 g/mol. The van der Waals surface area contributed by atoms with E-state index in [1.165, 1.54) is 74.9 Å². The number of carbonyl (C=O) groups excluding carboxylic acids is 1. The van der Waals surface area contributed by atoms with Gasteiger partial charge in [0, 0.05) is 55.9 Å². The van der Waals surface area contributed by atoms with Gasteiger partial charge in [-0.1, -0.05) is 113 Å². The molecule has 1 fully saturated rings. The molecule has 0 spiro atoms. The smallest absolute Gasteiger partial charge is 0.410 e. The molecule has 1 saturated carbocycles. The van der Waals surface area contributed by atoms with Crippen molar-refractivity contribution in [1.29, 1.82) is 0 Å². The molecule has 2 aliphatic carbocycles. The Labute approximate surface area is 451 Å². The molecule has 16 nitrogen and oxygen atoms in total. The normalized spacial score (nSPS) is 20.8. The van der Waals surface area contributed by atoms with Crippen molar-refractivity contribution in [2.45, 2.75) is 147 Å². The molecule has 77 heavy (non-hydrogen) atoms. The largest absolute Gasteiger partial charge is 0.459 e. The Morgan fingerprint density at radius 2 is 1.48 bits per heavy atom. The molecule has 0 aromatic heterocycles. The predicted molar refractivity (Wildman–Crippen MR) is 291 cm³/mol. The van der Waals surface area contributed by atoms with Crippen molar-refractivity contribution in [2.75, 3.05) is 26.4 Å². The lowest BCUT2D eigenvalue weighted by Gasteiger charge is -2.59. The van der Waals surface area contributed by atoms with Gasteiger partial charge in [0.05, 0.1) is 40.8 Å². The zero-order valence-electron chi connectivity index (χ0n) is 44.3. The molecule has 2 N–H and O–H groups in total. The van der Waals surface area contributed by atoms with Crippen LogP contribution >= 0.6 is 0 Å². The lowest BCUT2D eigenvalue weighted by molar-refractivity contribution is -0.385. The van der Waals surface area contributed by atoms with E-state index in [1.54, 1.807) is 59.5 Å². The van der Waals surface area contributed by atoms with Gasteiger partial charge in [0.1, 0.15) is 35.7 Å². The van der Waals surface area contributed by atoms with E-state index < -0.39 is 45.4 Å². The number of ether oxygens (including phenoxy) is 4. The van der Waals surface area contributed by atoms with Gasteiger partial charge in [-0.3, -0.25) is 25.1 Å². The highest BCUT2D eigenvalue weighted by atomic mass is 19.1. The molecule has 17 heteroatoms.